The second kappa shape index (κ2) is 8.05. The van der Waals surface area contributed by atoms with Crippen LogP contribution < -0.4 is 5.63 Å². The zero-order valence-electron chi connectivity index (χ0n) is 16.2. The monoisotopic (exact) mass is 484 g/mol. The molecular weight excluding hydrogens is 469 g/mol. The van der Waals surface area contributed by atoms with Gasteiger partial charge in [-0.3, -0.25) is 0 Å². The van der Waals surface area contributed by atoms with Crippen LogP contribution in [0.25, 0.3) is 22.2 Å². The van der Waals surface area contributed by atoms with Crippen molar-refractivity contribution in [1.82, 2.24) is 9.97 Å². The summed E-state index contributed by atoms with van der Waals surface area (Å²) in [7, 11) is 0. The van der Waals surface area contributed by atoms with Crippen molar-refractivity contribution in [2.75, 3.05) is 0 Å². The highest BCUT2D eigenvalue weighted by Crippen LogP contribution is 2.45. The standard InChI is InChI=1S/C20H15F3N2O3S3/c1-3-19(27,20(21,22)23)16-8-24-18(31-16)30-11-4-5-12-13(14-9-29-10(2)25-14)7-17(26)28-15(12)6-11/h4-9,27H,3H2,1-2H3. The molecule has 1 unspecified atom stereocenters. The van der Waals surface area contributed by atoms with Gasteiger partial charge in [0.1, 0.15) is 5.58 Å². The van der Waals surface area contributed by atoms with Crippen molar-refractivity contribution in [3.05, 3.63) is 56.1 Å². The number of rotatable bonds is 5. The number of halogens is 3. The van der Waals surface area contributed by atoms with Crippen LogP contribution in [-0.2, 0) is 5.60 Å². The molecule has 0 spiro atoms. The van der Waals surface area contributed by atoms with Crippen LogP contribution in [-0.4, -0.2) is 21.3 Å². The van der Waals surface area contributed by atoms with E-state index in [9.17, 15) is 23.1 Å². The maximum absolute atomic E-state index is 13.3. The Balaban J connectivity index is 1.68. The molecule has 4 aromatic rings. The van der Waals surface area contributed by atoms with Crippen molar-refractivity contribution < 1.29 is 22.7 Å². The molecule has 31 heavy (non-hydrogen) atoms. The minimum absolute atomic E-state index is 0.265. The molecule has 4 rings (SSSR count). The van der Waals surface area contributed by atoms with E-state index in [0.717, 1.165) is 34.3 Å². The Bertz CT molecular complexity index is 1310. The van der Waals surface area contributed by atoms with Gasteiger partial charge < -0.3 is 9.52 Å². The van der Waals surface area contributed by atoms with Crippen molar-refractivity contribution in [1.29, 1.82) is 0 Å². The van der Waals surface area contributed by atoms with Crippen molar-refractivity contribution >= 4 is 45.4 Å². The first-order valence-corrected chi connectivity index (χ1v) is 11.6. The van der Waals surface area contributed by atoms with Gasteiger partial charge in [-0.05, 0) is 31.5 Å². The number of nitrogens with zero attached hydrogens (tertiary/aromatic N) is 2. The lowest BCUT2D eigenvalue weighted by atomic mass is 9.99. The summed E-state index contributed by atoms with van der Waals surface area (Å²) in [6.45, 7) is 3.14. The topological polar surface area (TPSA) is 76.2 Å². The summed E-state index contributed by atoms with van der Waals surface area (Å²) in [5, 5.41) is 13.5. The first-order chi connectivity index (χ1) is 14.6. The number of fused-ring (bicyclic) bond motifs is 1. The number of alkyl halides is 3. The quantitative estimate of drug-likeness (QED) is 0.351. The maximum atomic E-state index is 13.3. The Labute approximate surface area is 186 Å². The Morgan fingerprint density at radius 2 is 2.03 bits per heavy atom. The zero-order valence-corrected chi connectivity index (χ0v) is 18.6. The summed E-state index contributed by atoms with van der Waals surface area (Å²) in [6.07, 6.45) is -4.26. The summed E-state index contributed by atoms with van der Waals surface area (Å²) in [6, 6.07) is 6.57. The summed E-state index contributed by atoms with van der Waals surface area (Å²) in [5.41, 5.74) is -1.78. The first kappa shape index (κ1) is 22.0. The Morgan fingerprint density at radius 1 is 1.26 bits per heavy atom. The summed E-state index contributed by atoms with van der Waals surface area (Å²) >= 11 is 3.37. The molecule has 5 nitrogen and oxygen atoms in total. The van der Waals surface area contributed by atoms with Crippen LogP contribution >= 0.6 is 34.4 Å². The maximum Gasteiger partial charge on any atom is 0.422 e. The number of thiazole rings is 2. The lowest BCUT2D eigenvalue weighted by Gasteiger charge is -2.27. The van der Waals surface area contributed by atoms with Crippen molar-refractivity contribution in [2.45, 2.75) is 41.3 Å². The highest BCUT2D eigenvalue weighted by Gasteiger charge is 2.54. The molecule has 0 aliphatic carbocycles. The van der Waals surface area contributed by atoms with Crippen LogP contribution in [0.4, 0.5) is 13.2 Å². The molecule has 0 saturated heterocycles. The van der Waals surface area contributed by atoms with Crippen molar-refractivity contribution in [3.63, 3.8) is 0 Å². The van der Waals surface area contributed by atoms with E-state index in [0.29, 0.717) is 31.5 Å². The smallest absolute Gasteiger partial charge is 0.422 e. The second-order valence-electron chi connectivity index (χ2n) is 6.69. The number of hydrogen-bond donors (Lipinski definition) is 1. The fraction of sp³-hybridized carbons (Fsp3) is 0.250. The van der Waals surface area contributed by atoms with Gasteiger partial charge in [0.15, 0.2) is 9.94 Å². The molecule has 0 saturated carbocycles. The fourth-order valence-corrected chi connectivity index (χ4v) is 5.79. The van der Waals surface area contributed by atoms with E-state index in [1.54, 1.807) is 18.2 Å². The van der Waals surface area contributed by atoms with E-state index in [2.05, 4.69) is 9.97 Å². The second-order valence-corrected chi connectivity index (χ2v) is 10.1. The van der Waals surface area contributed by atoms with E-state index >= 15 is 0 Å². The lowest BCUT2D eigenvalue weighted by molar-refractivity contribution is -0.266. The third-order valence-corrected chi connectivity index (χ3v) is 7.68. The van der Waals surface area contributed by atoms with Gasteiger partial charge in [-0.15, -0.1) is 22.7 Å². The molecule has 3 heterocycles. The SMILES string of the molecule is CCC(O)(c1cnc(Sc2ccc3c(-c4csc(C)n4)cc(=O)oc3c2)s1)C(F)(F)F. The van der Waals surface area contributed by atoms with E-state index in [1.807, 2.05) is 12.3 Å². The van der Waals surface area contributed by atoms with Crippen LogP contribution in [0.3, 0.4) is 0 Å². The summed E-state index contributed by atoms with van der Waals surface area (Å²) in [5.74, 6) is 0. The molecule has 1 N–H and O–H groups in total. The predicted molar refractivity (Wildman–Crippen MR) is 115 cm³/mol. The highest BCUT2D eigenvalue weighted by molar-refractivity contribution is 8.01. The van der Waals surface area contributed by atoms with Crippen LogP contribution in [0, 0.1) is 6.92 Å². The molecule has 11 heteroatoms. The third kappa shape index (κ3) is 4.14. The zero-order chi connectivity index (χ0) is 22.4. The predicted octanol–water partition coefficient (Wildman–Crippen LogP) is 5.99. The van der Waals surface area contributed by atoms with E-state index in [4.69, 9.17) is 4.42 Å². The van der Waals surface area contributed by atoms with Crippen LogP contribution in [0.2, 0.25) is 0 Å². The Kier molecular flexibility index (Phi) is 5.71. The molecule has 0 fully saturated rings. The largest absolute Gasteiger partial charge is 0.423 e. The van der Waals surface area contributed by atoms with Crippen molar-refractivity contribution in [3.8, 4) is 11.3 Å². The number of hydrogen-bond acceptors (Lipinski definition) is 8. The van der Waals surface area contributed by atoms with Gasteiger partial charge in [0.05, 0.1) is 15.6 Å². The number of aryl methyl sites for hydroxylation is 1. The lowest BCUT2D eigenvalue weighted by Crippen LogP contribution is -2.40. The fourth-order valence-electron chi connectivity index (χ4n) is 3.02. The molecule has 1 atom stereocenters. The van der Waals surface area contributed by atoms with Gasteiger partial charge in [-0.2, -0.15) is 13.2 Å². The average Bonchev–Trinajstić information content (AvgIpc) is 3.35. The minimum Gasteiger partial charge on any atom is -0.423 e. The molecular formula is C20H15F3N2O3S3. The van der Waals surface area contributed by atoms with E-state index in [-0.39, 0.29) is 4.88 Å². The first-order valence-electron chi connectivity index (χ1n) is 9.04. The van der Waals surface area contributed by atoms with E-state index < -0.39 is 23.8 Å². The van der Waals surface area contributed by atoms with Crippen LogP contribution in [0.15, 0.2) is 54.3 Å². The average molecular weight is 485 g/mol. The molecule has 3 aromatic heterocycles. The molecule has 0 amide bonds. The molecule has 0 radical (unpaired) electrons. The third-order valence-electron chi connectivity index (χ3n) is 4.69. The number of aromatic nitrogens is 2. The molecule has 0 bridgehead atoms. The van der Waals surface area contributed by atoms with Crippen LogP contribution in [0.5, 0.6) is 0 Å². The highest BCUT2D eigenvalue weighted by atomic mass is 32.2. The van der Waals surface area contributed by atoms with Crippen LogP contribution in [0.1, 0.15) is 23.2 Å². The van der Waals surface area contributed by atoms with Gasteiger partial charge in [0.2, 0.25) is 0 Å². The van der Waals surface area contributed by atoms with E-state index in [1.165, 1.54) is 24.3 Å². The molecule has 1 aromatic carbocycles. The van der Waals surface area contributed by atoms with Crippen molar-refractivity contribution in [2.24, 2.45) is 0 Å². The van der Waals surface area contributed by atoms with Gasteiger partial charge in [-0.25, -0.2) is 14.8 Å². The number of benzene rings is 1. The Hall–Kier alpha value is -2.21. The minimum atomic E-state index is -4.80. The summed E-state index contributed by atoms with van der Waals surface area (Å²) < 4.78 is 45.5. The van der Waals surface area contributed by atoms with Gasteiger partial charge in [-0.1, -0.05) is 18.7 Å². The number of aliphatic hydroxyl groups is 1. The molecule has 0 aliphatic heterocycles. The summed E-state index contributed by atoms with van der Waals surface area (Å²) in [4.78, 5) is 20.9. The van der Waals surface area contributed by atoms with Gasteiger partial charge in [0.25, 0.3) is 0 Å². The normalized spacial score (nSPS) is 14.1. The van der Waals surface area contributed by atoms with Gasteiger partial charge >= 0.3 is 11.8 Å². The molecule has 162 valence electrons. The molecule has 0 aliphatic rings. The van der Waals surface area contributed by atoms with Gasteiger partial charge in [0, 0.05) is 33.5 Å². The Morgan fingerprint density at radius 3 is 2.68 bits per heavy atom.